The first kappa shape index (κ1) is 16.7. The third-order valence-corrected chi connectivity index (χ3v) is 3.54. The molecule has 20 heavy (non-hydrogen) atoms. The van der Waals surface area contributed by atoms with Crippen LogP contribution in [-0.2, 0) is 11.2 Å². The lowest BCUT2D eigenvalue weighted by atomic mass is 9.94. The lowest BCUT2D eigenvalue weighted by Crippen LogP contribution is -2.31. The minimum Gasteiger partial charge on any atom is -0.396 e. The Morgan fingerprint density at radius 1 is 1.20 bits per heavy atom. The molecule has 0 spiro atoms. The van der Waals surface area contributed by atoms with Gasteiger partial charge in [0.15, 0.2) is 0 Å². The van der Waals surface area contributed by atoms with E-state index < -0.39 is 0 Å². The molecule has 0 bridgehead atoms. The van der Waals surface area contributed by atoms with Crippen LogP contribution in [0.3, 0.4) is 0 Å². The molecule has 0 aliphatic rings. The molecular weight excluding hydrogens is 250 g/mol. The minimum absolute atomic E-state index is 0.0579. The number of aliphatic hydroxyl groups is 1. The summed E-state index contributed by atoms with van der Waals surface area (Å²) >= 11 is 0. The van der Waals surface area contributed by atoms with E-state index in [4.69, 9.17) is 5.11 Å². The number of unbranched alkanes of at least 4 members (excludes halogenated alkanes) is 1. The number of rotatable bonds is 8. The summed E-state index contributed by atoms with van der Waals surface area (Å²) < 4.78 is 0. The highest BCUT2D eigenvalue weighted by Crippen LogP contribution is 2.22. The molecule has 1 atom stereocenters. The van der Waals surface area contributed by atoms with Crippen molar-refractivity contribution < 1.29 is 9.90 Å². The third-order valence-electron chi connectivity index (χ3n) is 3.54. The van der Waals surface area contributed by atoms with Gasteiger partial charge in [0.1, 0.15) is 0 Å². The smallest absolute Gasteiger partial charge is 0.220 e. The quantitative estimate of drug-likeness (QED) is 0.717. The van der Waals surface area contributed by atoms with Crippen LogP contribution in [0.25, 0.3) is 0 Å². The topological polar surface area (TPSA) is 49.3 Å². The van der Waals surface area contributed by atoms with E-state index in [1.54, 1.807) is 0 Å². The molecule has 2 N–H and O–H groups in total. The standard InChI is InChI=1S/C17H27NO2/c1-4-14-8-10-15(11-9-14)17(13(2)3)18-16(20)7-5-6-12-19/h8-11,13,17,19H,4-7,12H2,1-3H3,(H,18,20). The Labute approximate surface area is 122 Å². The number of amides is 1. The van der Waals surface area contributed by atoms with Gasteiger partial charge in [0.25, 0.3) is 0 Å². The van der Waals surface area contributed by atoms with E-state index in [-0.39, 0.29) is 18.6 Å². The molecule has 0 radical (unpaired) electrons. The lowest BCUT2D eigenvalue weighted by Gasteiger charge is -2.23. The molecule has 1 rings (SSSR count). The van der Waals surface area contributed by atoms with Gasteiger partial charge in [-0.25, -0.2) is 0 Å². The maximum Gasteiger partial charge on any atom is 0.220 e. The molecule has 0 heterocycles. The Kier molecular flexibility index (Phi) is 7.31. The largest absolute Gasteiger partial charge is 0.396 e. The summed E-state index contributed by atoms with van der Waals surface area (Å²) in [6.07, 6.45) is 2.93. The van der Waals surface area contributed by atoms with E-state index in [2.05, 4.69) is 50.4 Å². The zero-order chi connectivity index (χ0) is 15.0. The Morgan fingerprint density at radius 3 is 2.35 bits per heavy atom. The lowest BCUT2D eigenvalue weighted by molar-refractivity contribution is -0.122. The van der Waals surface area contributed by atoms with E-state index in [1.165, 1.54) is 5.56 Å². The van der Waals surface area contributed by atoms with Gasteiger partial charge in [-0.1, -0.05) is 45.0 Å². The highest BCUT2D eigenvalue weighted by molar-refractivity contribution is 5.76. The van der Waals surface area contributed by atoms with E-state index in [0.717, 1.165) is 18.4 Å². The summed E-state index contributed by atoms with van der Waals surface area (Å²) in [5, 5.41) is 11.9. The number of carbonyl (C=O) groups excluding carboxylic acids is 1. The molecule has 3 heteroatoms. The Balaban J connectivity index is 2.65. The number of aliphatic hydroxyl groups excluding tert-OH is 1. The average Bonchev–Trinajstić information content (AvgIpc) is 2.45. The maximum atomic E-state index is 11.9. The van der Waals surface area contributed by atoms with Crippen molar-refractivity contribution in [2.45, 2.75) is 52.5 Å². The van der Waals surface area contributed by atoms with Crippen LogP contribution in [0, 0.1) is 5.92 Å². The Bertz CT molecular complexity index is 398. The van der Waals surface area contributed by atoms with Crippen LogP contribution < -0.4 is 5.32 Å². The normalized spacial score (nSPS) is 12.4. The predicted molar refractivity (Wildman–Crippen MR) is 82.5 cm³/mol. The van der Waals surface area contributed by atoms with E-state index >= 15 is 0 Å². The number of benzene rings is 1. The zero-order valence-electron chi connectivity index (χ0n) is 12.9. The first-order valence-electron chi connectivity index (χ1n) is 7.57. The highest BCUT2D eigenvalue weighted by atomic mass is 16.2. The van der Waals surface area contributed by atoms with Gasteiger partial charge >= 0.3 is 0 Å². The molecule has 1 unspecified atom stereocenters. The zero-order valence-corrected chi connectivity index (χ0v) is 12.9. The number of hydrogen-bond donors (Lipinski definition) is 2. The van der Waals surface area contributed by atoms with Crippen LogP contribution in [0.1, 0.15) is 57.2 Å². The predicted octanol–water partition coefficient (Wildman–Crippen LogP) is 3.22. The number of nitrogens with one attached hydrogen (secondary N) is 1. The van der Waals surface area contributed by atoms with Gasteiger partial charge in [0, 0.05) is 13.0 Å². The fraction of sp³-hybridized carbons (Fsp3) is 0.588. The van der Waals surface area contributed by atoms with E-state index in [0.29, 0.717) is 18.8 Å². The second kappa shape index (κ2) is 8.75. The Morgan fingerprint density at radius 2 is 1.85 bits per heavy atom. The summed E-state index contributed by atoms with van der Waals surface area (Å²) in [4.78, 5) is 11.9. The monoisotopic (exact) mass is 277 g/mol. The van der Waals surface area contributed by atoms with Gasteiger partial charge < -0.3 is 10.4 Å². The van der Waals surface area contributed by atoms with Crippen molar-refractivity contribution >= 4 is 5.91 Å². The molecule has 3 nitrogen and oxygen atoms in total. The first-order valence-corrected chi connectivity index (χ1v) is 7.57. The summed E-state index contributed by atoms with van der Waals surface area (Å²) in [5.41, 5.74) is 2.47. The first-order chi connectivity index (χ1) is 9.58. The highest BCUT2D eigenvalue weighted by Gasteiger charge is 2.17. The van der Waals surface area contributed by atoms with Crippen LogP contribution in [0.5, 0.6) is 0 Å². The van der Waals surface area contributed by atoms with Gasteiger partial charge in [0.05, 0.1) is 6.04 Å². The van der Waals surface area contributed by atoms with Crippen molar-refractivity contribution in [1.29, 1.82) is 0 Å². The van der Waals surface area contributed by atoms with Crippen molar-refractivity contribution in [3.63, 3.8) is 0 Å². The van der Waals surface area contributed by atoms with Crippen molar-refractivity contribution in [2.75, 3.05) is 6.61 Å². The summed E-state index contributed by atoms with van der Waals surface area (Å²) in [6, 6.07) is 8.53. The summed E-state index contributed by atoms with van der Waals surface area (Å²) in [6.45, 7) is 6.52. The van der Waals surface area contributed by atoms with Crippen LogP contribution in [0.2, 0.25) is 0 Å². The van der Waals surface area contributed by atoms with Crippen LogP contribution >= 0.6 is 0 Å². The van der Waals surface area contributed by atoms with Gasteiger partial charge in [-0.15, -0.1) is 0 Å². The van der Waals surface area contributed by atoms with Gasteiger partial charge in [-0.3, -0.25) is 4.79 Å². The number of hydrogen-bond acceptors (Lipinski definition) is 2. The molecule has 112 valence electrons. The minimum atomic E-state index is 0.0579. The summed E-state index contributed by atoms with van der Waals surface area (Å²) in [5.74, 6) is 0.418. The molecule has 1 aromatic rings. The van der Waals surface area contributed by atoms with Crippen molar-refractivity contribution in [3.05, 3.63) is 35.4 Å². The Hall–Kier alpha value is -1.35. The molecule has 0 saturated carbocycles. The molecule has 0 saturated heterocycles. The van der Waals surface area contributed by atoms with Crippen LogP contribution in [0.4, 0.5) is 0 Å². The van der Waals surface area contributed by atoms with Gasteiger partial charge in [-0.2, -0.15) is 0 Å². The molecule has 0 fully saturated rings. The average molecular weight is 277 g/mol. The molecule has 1 aromatic carbocycles. The second-order valence-corrected chi connectivity index (χ2v) is 5.57. The maximum absolute atomic E-state index is 11.9. The summed E-state index contributed by atoms with van der Waals surface area (Å²) in [7, 11) is 0. The fourth-order valence-corrected chi connectivity index (χ4v) is 2.24. The third kappa shape index (κ3) is 5.33. The van der Waals surface area contributed by atoms with E-state index in [9.17, 15) is 4.79 Å². The molecule has 0 aliphatic carbocycles. The molecule has 0 aromatic heterocycles. The fourth-order valence-electron chi connectivity index (χ4n) is 2.24. The van der Waals surface area contributed by atoms with E-state index in [1.807, 2.05) is 0 Å². The van der Waals surface area contributed by atoms with Gasteiger partial charge in [-0.05, 0) is 36.3 Å². The van der Waals surface area contributed by atoms with Crippen molar-refractivity contribution in [3.8, 4) is 0 Å². The molecule has 1 amide bonds. The number of carbonyl (C=O) groups is 1. The SMILES string of the molecule is CCc1ccc(C(NC(=O)CCCCO)C(C)C)cc1. The molecule has 0 aliphatic heterocycles. The van der Waals surface area contributed by atoms with Crippen molar-refractivity contribution in [1.82, 2.24) is 5.32 Å². The number of aryl methyl sites for hydroxylation is 1. The van der Waals surface area contributed by atoms with Crippen molar-refractivity contribution in [2.24, 2.45) is 5.92 Å². The second-order valence-electron chi connectivity index (χ2n) is 5.57. The van der Waals surface area contributed by atoms with Crippen LogP contribution in [-0.4, -0.2) is 17.6 Å². The van der Waals surface area contributed by atoms with Crippen LogP contribution in [0.15, 0.2) is 24.3 Å². The van der Waals surface area contributed by atoms with Gasteiger partial charge in [0.2, 0.25) is 5.91 Å². The molecular formula is C17H27NO2.